The van der Waals surface area contributed by atoms with E-state index in [9.17, 15) is 0 Å². The van der Waals surface area contributed by atoms with Gasteiger partial charge < -0.3 is 11.2 Å². The molecular formula is C11H15N3. The van der Waals surface area contributed by atoms with Gasteiger partial charge in [0.15, 0.2) is 0 Å². The second-order valence-electron chi connectivity index (χ2n) is 3.72. The highest BCUT2D eigenvalue weighted by atomic mass is 15.3. The molecule has 1 aromatic carbocycles. The van der Waals surface area contributed by atoms with Crippen molar-refractivity contribution >= 4 is 11.4 Å². The first-order chi connectivity index (χ1) is 6.77. The van der Waals surface area contributed by atoms with Crippen LogP contribution in [0.1, 0.15) is 18.9 Å². The number of nitrogens with two attached hydrogens (primary N) is 1. The van der Waals surface area contributed by atoms with Gasteiger partial charge in [-0.25, -0.2) is 0 Å². The zero-order valence-electron chi connectivity index (χ0n) is 8.33. The zero-order chi connectivity index (χ0) is 9.97. The van der Waals surface area contributed by atoms with Crippen LogP contribution in [0.15, 0.2) is 29.4 Å². The first-order valence-corrected chi connectivity index (χ1v) is 4.94. The van der Waals surface area contributed by atoms with Crippen molar-refractivity contribution in [3.8, 4) is 0 Å². The van der Waals surface area contributed by atoms with Crippen molar-refractivity contribution in [1.29, 1.82) is 0 Å². The molecule has 2 rings (SSSR count). The van der Waals surface area contributed by atoms with Gasteiger partial charge in [-0.05, 0) is 24.1 Å². The molecule has 0 spiro atoms. The molecule has 1 aliphatic heterocycles. The van der Waals surface area contributed by atoms with E-state index in [1.807, 2.05) is 24.3 Å². The number of benzene rings is 1. The minimum atomic E-state index is 0.528. The van der Waals surface area contributed by atoms with Crippen LogP contribution in [0.2, 0.25) is 0 Å². The quantitative estimate of drug-likeness (QED) is 0.659. The number of anilines is 1. The van der Waals surface area contributed by atoms with Crippen LogP contribution in [0.3, 0.4) is 0 Å². The maximum atomic E-state index is 5.64. The van der Waals surface area contributed by atoms with E-state index in [1.165, 1.54) is 5.56 Å². The molecule has 14 heavy (non-hydrogen) atoms. The van der Waals surface area contributed by atoms with Crippen molar-refractivity contribution < 1.29 is 0 Å². The summed E-state index contributed by atoms with van der Waals surface area (Å²) in [5.41, 5.74) is 11.8. The van der Waals surface area contributed by atoms with Crippen molar-refractivity contribution in [2.45, 2.75) is 13.3 Å². The van der Waals surface area contributed by atoms with Crippen LogP contribution in [0.25, 0.3) is 0 Å². The molecule has 74 valence electrons. The van der Waals surface area contributed by atoms with Gasteiger partial charge in [0.1, 0.15) is 0 Å². The van der Waals surface area contributed by atoms with Crippen LogP contribution in [0, 0.1) is 5.92 Å². The predicted octanol–water partition coefficient (Wildman–Crippen LogP) is 1.60. The Morgan fingerprint density at radius 2 is 2.07 bits per heavy atom. The van der Waals surface area contributed by atoms with Gasteiger partial charge >= 0.3 is 0 Å². The Hall–Kier alpha value is -1.51. The molecule has 3 heteroatoms. The molecule has 0 saturated carbocycles. The van der Waals surface area contributed by atoms with Gasteiger partial charge in [-0.2, -0.15) is 5.10 Å². The average Bonchev–Trinajstić information content (AvgIpc) is 2.20. The van der Waals surface area contributed by atoms with Crippen molar-refractivity contribution in [1.82, 2.24) is 5.43 Å². The van der Waals surface area contributed by atoms with Crippen LogP contribution in [0.5, 0.6) is 0 Å². The minimum absolute atomic E-state index is 0.528. The second kappa shape index (κ2) is 3.70. The molecule has 0 amide bonds. The number of nitrogen functional groups attached to an aromatic ring is 1. The lowest BCUT2D eigenvalue weighted by Crippen LogP contribution is -2.27. The van der Waals surface area contributed by atoms with E-state index in [-0.39, 0.29) is 0 Å². The molecule has 0 saturated heterocycles. The van der Waals surface area contributed by atoms with Crippen LogP contribution in [-0.2, 0) is 0 Å². The number of rotatable bonds is 1. The summed E-state index contributed by atoms with van der Waals surface area (Å²) < 4.78 is 0. The number of nitrogens with zero attached hydrogens (tertiary/aromatic N) is 1. The van der Waals surface area contributed by atoms with Gasteiger partial charge in [0.2, 0.25) is 0 Å². The van der Waals surface area contributed by atoms with E-state index >= 15 is 0 Å². The molecule has 3 nitrogen and oxygen atoms in total. The van der Waals surface area contributed by atoms with Gasteiger partial charge in [-0.15, -0.1) is 0 Å². The highest BCUT2D eigenvalue weighted by molar-refractivity contribution is 6.02. The molecule has 1 heterocycles. The summed E-state index contributed by atoms with van der Waals surface area (Å²) in [6, 6.07) is 7.88. The summed E-state index contributed by atoms with van der Waals surface area (Å²) in [5.74, 6) is 0.528. The average molecular weight is 189 g/mol. The Morgan fingerprint density at radius 1 is 1.36 bits per heavy atom. The predicted molar refractivity (Wildman–Crippen MR) is 59.2 cm³/mol. The van der Waals surface area contributed by atoms with Gasteiger partial charge in [0.25, 0.3) is 0 Å². The summed E-state index contributed by atoms with van der Waals surface area (Å²) in [7, 11) is 0. The summed E-state index contributed by atoms with van der Waals surface area (Å²) in [6.45, 7) is 3.18. The molecule has 0 fully saturated rings. The lowest BCUT2D eigenvalue weighted by Gasteiger charge is -2.20. The Kier molecular flexibility index (Phi) is 2.39. The van der Waals surface area contributed by atoms with E-state index in [1.54, 1.807) is 0 Å². The third-order valence-electron chi connectivity index (χ3n) is 2.56. The monoisotopic (exact) mass is 189 g/mol. The SMILES string of the molecule is CC1CCNN=C1c1ccc(N)cc1. The molecule has 0 bridgehead atoms. The second-order valence-corrected chi connectivity index (χ2v) is 3.72. The van der Waals surface area contributed by atoms with Crippen LogP contribution in [-0.4, -0.2) is 12.3 Å². The van der Waals surface area contributed by atoms with Crippen molar-refractivity contribution in [2.24, 2.45) is 11.0 Å². The van der Waals surface area contributed by atoms with Crippen molar-refractivity contribution in [3.63, 3.8) is 0 Å². The van der Waals surface area contributed by atoms with Crippen molar-refractivity contribution in [3.05, 3.63) is 29.8 Å². The lowest BCUT2D eigenvalue weighted by atomic mass is 9.94. The maximum absolute atomic E-state index is 5.64. The Balaban J connectivity index is 2.29. The summed E-state index contributed by atoms with van der Waals surface area (Å²) in [5, 5.41) is 4.34. The van der Waals surface area contributed by atoms with Gasteiger partial charge in [0, 0.05) is 18.2 Å². The van der Waals surface area contributed by atoms with E-state index in [0.717, 1.165) is 24.4 Å². The molecule has 1 aromatic rings. The lowest BCUT2D eigenvalue weighted by molar-refractivity contribution is 0.572. The number of hydrogen-bond acceptors (Lipinski definition) is 3. The summed E-state index contributed by atoms with van der Waals surface area (Å²) >= 11 is 0. The van der Waals surface area contributed by atoms with Crippen molar-refractivity contribution in [2.75, 3.05) is 12.3 Å². The Bertz CT molecular complexity index is 340. The van der Waals surface area contributed by atoms with E-state index in [2.05, 4.69) is 17.5 Å². The third-order valence-corrected chi connectivity index (χ3v) is 2.56. The fourth-order valence-electron chi connectivity index (χ4n) is 1.67. The van der Waals surface area contributed by atoms with E-state index in [0.29, 0.717) is 5.92 Å². The first-order valence-electron chi connectivity index (χ1n) is 4.94. The smallest absolute Gasteiger partial charge is 0.0703 e. The zero-order valence-corrected chi connectivity index (χ0v) is 8.33. The molecule has 0 aromatic heterocycles. The molecule has 0 radical (unpaired) electrons. The fourth-order valence-corrected chi connectivity index (χ4v) is 1.67. The highest BCUT2D eigenvalue weighted by Crippen LogP contribution is 2.16. The normalized spacial score (nSPS) is 21.2. The Morgan fingerprint density at radius 3 is 2.71 bits per heavy atom. The Labute approximate surface area is 84.0 Å². The van der Waals surface area contributed by atoms with Crippen LogP contribution < -0.4 is 11.2 Å². The molecule has 0 aliphatic carbocycles. The number of hydrazone groups is 1. The minimum Gasteiger partial charge on any atom is -0.399 e. The summed E-state index contributed by atoms with van der Waals surface area (Å²) in [4.78, 5) is 0. The molecule has 1 unspecified atom stereocenters. The van der Waals surface area contributed by atoms with Crippen LogP contribution in [0.4, 0.5) is 5.69 Å². The number of hydrogen-bond donors (Lipinski definition) is 2. The summed E-state index contributed by atoms with van der Waals surface area (Å²) in [6.07, 6.45) is 1.14. The standard InChI is InChI=1S/C11H15N3/c1-8-6-7-13-14-11(8)9-2-4-10(12)5-3-9/h2-5,8,13H,6-7,12H2,1H3. The van der Waals surface area contributed by atoms with Gasteiger partial charge in [-0.1, -0.05) is 19.1 Å². The first kappa shape index (κ1) is 9.06. The third kappa shape index (κ3) is 1.71. The van der Waals surface area contributed by atoms with E-state index < -0.39 is 0 Å². The van der Waals surface area contributed by atoms with Gasteiger partial charge in [0.05, 0.1) is 5.71 Å². The topological polar surface area (TPSA) is 50.4 Å². The molecule has 3 N–H and O–H groups in total. The molecular weight excluding hydrogens is 174 g/mol. The fraction of sp³-hybridized carbons (Fsp3) is 0.364. The van der Waals surface area contributed by atoms with Gasteiger partial charge in [-0.3, -0.25) is 0 Å². The van der Waals surface area contributed by atoms with E-state index in [4.69, 9.17) is 5.73 Å². The maximum Gasteiger partial charge on any atom is 0.0703 e. The largest absolute Gasteiger partial charge is 0.399 e. The molecule has 1 atom stereocenters. The highest BCUT2D eigenvalue weighted by Gasteiger charge is 2.15. The molecule has 1 aliphatic rings. The number of nitrogens with one attached hydrogen (secondary N) is 1. The van der Waals surface area contributed by atoms with Crippen LogP contribution >= 0.6 is 0 Å².